The zero-order valence-corrected chi connectivity index (χ0v) is 11.8. The molecule has 0 spiro atoms. The number of hydrogen-bond acceptors (Lipinski definition) is 3. The number of benzene rings is 1. The third kappa shape index (κ3) is 3.72. The number of carbonyl (C=O) groups excluding carboxylic acids is 1. The minimum Gasteiger partial charge on any atom is -0.465 e. The van der Waals surface area contributed by atoms with E-state index < -0.39 is 0 Å². The van der Waals surface area contributed by atoms with Crippen molar-refractivity contribution >= 4 is 11.7 Å². The van der Waals surface area contributed by atoms with Crippen LogP contribution in [0, 0.1) is 5.92 Å². The van der Waals surface area contributed by atoms with Gasteiger partial charge in [0.15, 0.2) is 0 Å². The molecule has 2 rings (SSSR count). The molecule has 0 saturated heterocycles. The van der Waals surface area contributed by atoms with Gasteiger partial charge in [-0.15, -0.1) is 0 Å². The molecule has 0 aromatic heterocycles. The second kappa shape index (κ2) is 6.60. The van der Waals surface area contributed by atoms with Gasteiger partial charge in [-0.3, -0.25) is 0 Å². The van der Waals surface area contributed by atoms with Crippen molar-refractivity contribution in [1.29, 1.82) is 0 Å². The summed E-state index contributed by atoms with van der Waals surface area (Å²) in [4.78, 5) is 11.5. The molecule has 0 bridgehead atoms. The van der Waals surface area contributed by atoms with Gasteiger partial charge in [-0.25, -0.2) is 4.79 Å². The Morgan fingerprint density at radius 3 is 2.68 bits per heavy atom. The smallest absolute Gasteiger partial charge is 0.337 e. The van der Waals surface area contributed by atoms with Crippen LogP contribution in [0.4, 0.5) is 5.69 Å². The lowest BCUT2D eigenvalue weighted by molar-refractivity contribution is 0.0601. The van der Waals surface area contributed by atoms with Gasteiger partial charge in [0, 0.05) is 11.7 Å². The zero-order chi connectivity index (χ0) is 13.7. The number of methoxy groups -OCH3 is 1. The first-order valence-electron chi connectivity index (χ1n) is 7.17. The highest BCUT2D eigenvalue weighted by molar-refractivity contribution is 5.90. The SMILES string of the molecule is CCC1CCC(Nc2cccc(C(=O)OC)c2)CC1. The molecule has 0 unspecified atom stereocenters. The van der Waals surface area contributed by atoms with E-state index in [2.05, 4.69) is 12.2 Å². The maximum atomic E-state index is 11.5. The fraction of sp³-hybridized carbons (Fsp3) is 0.562. The molecule has 104 valence electrons. The number of ether oxygens (including phenoxy) is 1. The summed E-state index contributed by atoms with van der Waals surface area (Å²) in [5, 5.41) is 3.54. The number of esters is 1. The fourth-order valence-corrected chi connectivity index (χ4v) is 2.80. The molecule has 1 saturated carbocycles. The Morgan fingerprint density at radius 2 is 2.05 bits per heavy atom. The van der Waals surface area contributed by atoms with Crippen LogP contribution in [0.1, 0.15) is 49.4 Å². The Bertz CT molecular complexity index is 423. The first-order chi connectivity index (χ1) is 9.22. The van der Waals surface area contributed by atoms with E-state index >= 15 is 0 Å². The number of nitrogens with one attached hydrogen (secondary N) is 1. The monoisotopic (exact) mass is 261 g/mol. The maximum Gasteiger partial charge on any atom is 0.337 e. The van der Waals surface area contributed by atoms with Crippen molar-refractivity contribution in [2.45, 2.75) is 45.1 Å². The van der Waals surface area contributed by atoms with E-state index in [9.17, 15) is 4.79 Å². The molecule has 3 nitrogen and oxygen atoms in total. The molecule has 1 N–H and O–H groups in total. The second-order valence-corrected chi connectivity index (χ2v) is 5.34. The largest absolute Gasteiger partial charge is 0.465 e. The van der Waals surface area contributed by atoms with Gasteiger partial charge in [0.25, 0.3) is 0 Å². The average molecular weight is 261 g/mol. The Kier molecular flexibility index (Phi) is 4.83. The minimum atomic E-state index is -0.279. The third-order valence-electron chi connectivity index (χ3n) is 4.08. The van der Waals surface area contributed by atoms with Crippen molar-refractivity contribution in [3.63, 3.8) is 0 Å². The first kappa shape index (κ1) is 13.9. The van der Waals surface area contributed by atoms with Crippen LogP contribution < -0.4 is 5.32 Å². The Hall–Kier alpha value is -1.51. The van der Waals surface area contributed by atoms with Crippen LogP contribution in [0.15, 0.2) is 24.3 Å². The maximum absolute atomic E-state index is 11.5. The van der Waals surface area contributed by atoms with E-state index in [1.165, 1.54) is 39.2 Å². The quantitative estimate of drug-likeness (QED) is 0.836. The van der Waals surface area contributed by atoms with Gasteiger partial charge in [0.05, 0.1) is 12.7 Å². The lowest BCUT2D eigenvalue weighted by Gasteiger charge is -2.29. The highest BCUT2D eigenvalue weighted by Gasteiger charge is 2.19. The minimum absolute atomic E-state index is 0.279. The van der Waals surface area contributed by atoms with Gasteiger partial charge in [-0.2, -0.15) is 0 Å². The van der Waals surface area contributed by atoms with Crippen molar-refractivity contribution in [1.82, 2.24) is 0 Å². The number of anilines is 1. The van der Waals surface area contributed by atoms with E-state index in [-0.39, 0.29) is 5.97 Å². The lowest BCUT2D eigenvalue weighted by Crippen LogP contribution is -2.25. The van der Waals surface area contributed by atoms with Crippen LogP contribution in [0.5, 0.6) is 0 Å². The molecule has 19 heavy (non-hydrogen) atoms. The van der Waals surface area contributed by atoms with Crippen molar-refractivity contribution in [3.8, 4) is 0 Å². The van der Waals surface area contributed by atoms with Crippen molar-refractivity contribution in [3.05, 3.63) is 29.8 Å². The summed E-state index contributed by atoms with van der Waals surface area (Å²) in [7, 11) is 1.41. The molecule has 1 aromatic rings. The van der Waals surface area contributed by atoms with Crippen molar-refractivity contribution < 1.29 is 9.53 Å². The molecular formula is C16H23NO2. The Balaban J connectivity index is 1.94. The van der Waals surface area contributed by atoms with Gasteiger partial charge in [0.2, 0.25) is 0 Å². The molecule has 0 heterocycles. The average Bonchev–Trinajstić information content (AvgIpc) is 2.47. The van der Waals surface area contributed by atoms with E-state index in [0.29, 0.717) is 11.6 Å². The Morgan fingerprint density at radius 1 is 1.32 bits per heavy atom. The van der Waals surface area contributed by atoms with Crippen molar-refractivity contribution in [2.24, 2.45) is 5.92 Å². The van der Waals surface area contributed by atoms with Crippen LogP contribution in [-0.4, -0.2) is 19.1 Å². The van der Waals surface area contributed by atoms with Crippen LogP contribution in [0.25, 0.3) is 0 Å². The molecule has 0 atom stereocenters. The molecule has 1 aliphatic carbocycles. The van der Waals surface area contributed by atoms with E-state index in [1.807, 2.05) is 18.2 Å². The van der Waals surface area contributed by atoms with Gasteiger partial charge in [-0.05, 0) is 49.8 Å². The lowest BCUT2D eigenvalue weighted by atomic mass is 9.84. The Labute approximate surface area is 115 Å². The molecule has 3 heteroatoms. The zero-order valence-electron chi connectivity index (χ0n) is 11.8. The molecular weight excluding hydrogens is 238 g/mol. The van der Waals surface area contributed by atoms with E-state index in [1.54, 1.807) is 6.07 Å². The first-order valence-corrected chi connectivity index (χ1v) is 7.17. The summed E-state index contributed by atoms with van der Waals surface area (Å²) in [6.45, 7) is 2.28. The highest BCUT2D eigenvalue weighted by Crippen LogP contribution is 2.28. The number of hydrogen-bond donors (Lipinski definition) is 1. The van der Waals surface area contributed by atoms with Crippen molar-refractivity contribution in [2.75, 3.05) is 12.4 Å². The van der Waals surface area contributed by atoms with Crippen LogP contribution >= 0.6 is 0 Å². The van der Waals surface area contributed by atoms with E-state index in [0.717, 1.165) is 11.6 Å². The van der Waals surface area contributed by atoms with Crippen LogP contribution in [0.3, 0.4) is 0 Å². The van der Waals surface area contributed by atoms with Gasteiger partial charge >= 0.3 is 5.97 Å². The molecule has 0 amide bonds. The molecule has 1 fully saturated rings. The number of carbonyl (C=O) groups is 1. The highest BCUT2D eigenvalue weighted by atomic mass is 16.5. The van der Waals surface area contributed by atoms with Gasteiger partial charge in [0.1, 0.15) is 0 Å². The summed E-state index contributed by atoms with van der Waals surface area (Å²) < 4.78 is 4.74. The summed E-state index contributed by atoms with van der Waals surface area (Å²) in [6, 6.07) is 8.10. The van der Waals surface area contributed by atoms with Gasteiger partial charge in [-0.1, -0.05) is 19.4 Å². The molecule has 0 aliphatic heterocycles. The normalized spacial score (nSPS) is 22.8. The summed E-state index contributed by atoms with van der Waals surface area (Å²) >= 11 is 0. The van der Waals surface area contributed by atoms with Crippen LogP contribution in [0.2, 0.25) is 0 Å². The molecule has 1 aromatic carbocycles. The third-order valence-corrected chi connectivity index (χ3v) is 4.08. The van der Waals surface area contributed by atoms with Crippen LogP contribution in [-0.2, 0) is 4.74 Å². The summed E-state index contributed by atoms with van der Waals surface area (Å²) in [5.41, 5.74) is 1.62. The summed E-state index contributed by atoms with van der Waals surface area (Å²) in [5.74, 6) is 0.623. The number of rotatable bonds is 4. The second-order valence-electron chi connectivity index (χ2n) is 5.34. The molecule has 1 aliphatic rings. The predicted octanol–water partition coefficient (Wildman–Crippen LogP) is 3.85. The topological polar surface area (TPSA) is 38.3 Å². The standard InChI is InChI=1S/C16H23NO2/c1-3-12-7-9-14(10-8-12)17-15-6-4-5-13(11-15)16(18)19-2/h4-6,11-12,14,17H,3,7-10H2,1-2H3. The predicted molar refractivity (Wildman–Crippen MR) is 77.4 cm³/mol. The van der Waals surface area contributed by atoms with Gasteiger partial charge < -0.3 is 10.1 Å². The summed E-state index contributed by atoms with van der Waals surface area (Å²) in [6.07, 6.45) is 6.36. The fourth-order valence-electron chi connectivity index (χ4n) is 2.80. The van der Waals surface area contributed by atoms with E-state index in [4.69, 9.17) is 4.74 Å². The molecule has 0 radical (unpaired) electrons.